The van der Waals surface area contributed by atoms with Crippen molar-refractivity contribution in [3.63, 3.8) is 0 Å². The fourth-order valence-electron chi connectivity index (χ4n) is 2.01. The molecule has 0 bridgehead atoms. The molecule has 0 radical (unpaired) electrons. The minimum Gasteiger partial charge on any atom is -0.424 e. The van der Waals surface area contributed by atoms with Gasteiger partial charge in [0.15, 0.2) is 0 Å². The zero-order chi connectivity index (χ0) is 15.4. The maximum Gasteiger partial charge on any atom is 0.238 e. The maximum absolute atomic E-state index is 12.1. The van der Waals surface area contributed by atoms with Gasteiger partial charge in [0.1, 0.15) is 0 Å². The van der Waals surface area contributed by atoms with Gasteiger partial charge in [-0.25, -0.2) is 0 Å². The van der Waals surface area contributed by atoms with Crippen molar-refractivity contribution in [2.45, 2.75) is 27.3 Å². The lowest BCUT2D eigenvalue weighted by Gasteiger charge is -2.15. The third kappa shape index (κ3) is 4.13. The van der Waals surface area contributed by atoms with E-state index in [1.807, 2.05) is 44.0 Å². The third-order valence-corrected chi connectivity index (χ3v) is 3.27. The van der Waals surface area contributed by atoms with E-state index >= 15 is 0 Å². The summed E-state index contributed by atoms with van der Waals surface area (Å²) in [6.45, 7) is 6.46. The SMILES string of the molecule is Cc1nnc(CN(C)CC(=O)Nc2cccc(C)c2C)o1. The molecule has 0 unspecified atom stereocenters. The minimum absolute atomic E-state index is 0.0672. The first-order valence-electron chi connectivity index (χ1n) is 6.79. The smallest absolute Gasteiger partial charge is 0.238 e. The van der Waals surface area contributed by atoms with Crippen LogP contribution in [0.3, 0.4) is 0 Å². The van der Waals surface area contributed by atoms with Gasteiger partial charge < -0.3 is 9.73 Å². The van der Waals surface area contributed by atoms with Crippen LogP contribution in [-0.2, 0) is 11.3 Å². The first kappa shape index (κ1) is 15.2. The zero-order valence-electron chi connectivity index (χ0n) is 12.8. The molecule has 6 nitrogen and oxygen atoms in total. The molecule has 0 fully saturated rings. The van der Waals surface area contributed by atoms with Gasteiger partial charge in [-0.2, -0.15) is 0 Å². The van der Waals surface area contributed by atoms with Gasteiger partial charge in [0.25, 0.3) is 0 Å². The quantitative estimate of drug-likeness (QED) is 0.912. The maximum atomic E-state index is 12.1. The van der Waals surface area contributed by atoms with E-state index in [1.165, 1.54) is 0 Å². The van der Waals surface area contributed by atoms with Gasteiger partial charge in [-0.15, -0.1) is 10.2 Å². The Hall–Kier alpha value is -2.21. The largest absolute Gasteiger partial charge is 0.424 e. The average molecular weight is 288 g/mol. The van der Waals surface area contributed by atoms with E-state index in [0.29, 0.717) is 18.3 Å². The fraction of sp³-hybridized carbons (Fsp3) is 0.400. The second-order valence-corrected chi connectivity index (χ2v) is 5.18. The highest BCUT2D eigenvalue weighted by atomic mass is 16.4. The Balaban J connectivity index is 1.90. The van der Waals surface area contributed by atoms with E-state index in [2.05, 4.69) is 15.5 Å². The summed E-state index contributed by atoms with van der Waals surface area (Å²) >= 11 is 0. The zero-order valence-corrected chi connectivity index (χ0v) is 12.8. The first-order chi connectivity index (χ1) is 9.95. The summed E-state index contributed by atoms with van der Waals surface area (Å²) in [5, 5.41) is 10.6. The molecule has 2 aromatic rings. The summed E-state index contributed by atoms with van der Waals surface area (Å²) in [5.41, 5.74) is 3.09. The van der Waals surface area contributed by atoms with E-state index < -0.39 is 0 Å². The lowest BCUT2D eigenvalue weighted by molar-refractivity contribution is -0.117. The molecular weight excluding hydrogens is 268 g/mol. The molecule has 21 heavy (non-hydrogen) atoms. The van der Waals surface area contributed by atoms with E-state index in [1.54, 1.807) is 6.92 Å². The molecule has 0 saturated carbocycles. The number of aryl methyl sites for hydroxylation is 2. The van der Waals surface area contributed by atoms with E-state index in [9.17, 15) is 4.79 Å². The Kier molecular flexibility index (Phi) is 4.70. The van der Waals surface area contributed by atoms with Gasteiger partial charge in [0.05, 0.1) is 13.1 Å². The number of likely N-dealkylation sites (N-methyl/N-ethyl adjacent to an activating group) is 1. The molecular formula is C15H20N4O2. The van der Waals surface area contributed by atoms with Crippen molar-refractivity contribution in [3.05, 3.63) is 41.1 Å². The lowest BCUT2D eigenvalue weighted by Crippen LogP contribution is -2.30. The number of carbonyl (C=O) groups excluding carboxylic acids is 1. The van der Waals surface area contributed by atoms with Gasteiger partial charge >= 0.3 is 0 Å². The summed E-state index contributed by atoms with van der Waals surface area (Å²) < 4.78 is 5.29. The second-order valence-electron chi connectivity index (χ2n) is 5.18. The van der Waals surface area contributed by atoms with Crippen LogP contribution in [0.25, 0.3) is 0 Å². The van der Waals surface area contributed by atoms with Crippen LogP contribution in [0, 0.1) is 20.8 Å². The molecule has 0 atom stereocenters. The number of hydrogen-bond donors (Lipinski definition) is 1. The van der Waals surface area contributed by atoms with Gasteiger partial charge in [0.2, 0.25) is 17.7 Å². The number of amides is 1. The summed E-state index contributed by atoms with van der Waals surface area (Å²) in [4.78, 5) is 13.9. The van der Waals surface area contributed by atoms with Gasteiger partial charge in [-0.05, 0) is 38.1 Å². The summed E-state index contributed by atoms with van der Waals surface area (Å²) in [7, 11) is 1.84. The van der Waals surface area contributed by atoms with Crippen molar-refractivity contribution in [2.24, 2.45) is 0 Å². The Morgan fingerprint density at radius 2 is 2.05 bits per heavy atom. The molecule has 0 spiro atoms. The molecule has 0 aliphatic heterocycles. The fourth-order valence-corrected chi connectivity index (χ4v) is 2.01. The van der Waals surface area contributed by atoms with Crippen molar-refractivity contribution in [1.29, 1.82) is 0 Å². The topological polar surface area (TPSA) is 71.3 Å². The van der Waals surface area contributed by atoms with Crippen LogP contribution in [0.4, 0.5) is 5.69 Å². The minimum atomic E-state index is -0.0672. The molecule has 0 aliphatic carbocycles. The Morgan fingerprint density at radius 1 is 1.29 bits per heavy atom. The van der Waals surface area contributed by atoms with Crippen LogP contribution in [0.1, 0.15) is 22.9 Å². The number of benzene rings is 1. The van der Waals surface area contributed by atoms with Gasteiger partial charge in [-0.3, -0.25) is 9.69 Å². The van der Waals surface area contributed by atoms with Crippen molar-refractivity contribution in [1.82, 2.24) is 15.1 Å². The van der Waals surface area contributed by atoms with E-state index in [4.69, 9.17) is 4.42 Å². The Bertz CT molecular complexity index is 636. The molecule has 0 aliphatic rings. The molecule has 1 heterocycles. The van der Waals surface area contributed by atoms with Crippen molar-refractivity contribution >= 4 is 11.6 Å². The lowest BCUT2D eigenvalue weighted by atomic mass is 10.1. The van der Waals surface area contributed by atoms with E-state index in [0.717, 1.165) is 16.8 Å². The third-order valence-electron chi connectivity index (χ3n) is 3.27. The molecule has 112 valence electrons. The highest BCUT2D eigenvalue weighted by Crippen LogP contribution is 2.17. The Morgan fingerprint density at radius 3 is 2.71 bits per heavy atom. The number of nitrogens with zero attached hydrogens (tertiary/aromatic N) is 3. The number of carbonyl (C=O) groups is 1. The summed E-state index contributed by atoms with van der Waals surface area (Å²) in [5.74, 6) is 0.968. The van der Waals surface area contributed by atoms with Gasteiger partial charge in [-0.1, -0.05) is 12.1 Å². The van der Waals surface area contributed by atoms with Crippen LogP contribution >= 0.6 is 0 Å². The van der Waals surface area contributed by atoms with Crippen molar-refractivity contribution < 1.29 is 9.21 Å². The highest BCUT2D eigenvalue weighted by molar-refractivity contribution is 5.93. The molecule has 2 rings (SSSR count). The predicted octanol–water partition coefficient (Wildman–Crippen LogP) is 2.07. The Labute approximate surface area is 124 Å². The average Bonchev–Trinajstić information content (AvgIpc) is 2.80. The standard InChI is InChI=1S/C15H20N4O2/c1-10-6-5-7-13(11(10)2)16-14(20)8-19(4)9-15-18-17-12(3)21-15/h5-7H,8-9H2,1-4H3,(H,16,20). The number of aromatic nitrogens is 2. The second kappa shape index (κ2) is 6.49. The van der Waals surface area contributed by atoms with Crippen LogP contribution in [0.15, 0.2) is 22.6 Å². The molecule has 0 saturated heterocycles. The number of nitrogens with one attached hydrogen (secondary N) is 1. The number of rotatable bonds is 5. The number of hydrogen-bond acceptors (Lipinski definition) is 5. The molecule has 1 aromatic heterocycles. The normalized spacial score (nSPS) is 10.9. The van der Waals surface area contributed by atoms with Crippen molar-refractivity contribution in [2.75, 3.05) is 18.9 Å². The summed E-state index contributed by atoms with van der Waals surface area (Å²) in [6.07, 6.45) is 0. The number of anilines is 1. The van der Waals surface area contributed by atoms with Crippen LogP contribution in [0.2, 0.25) is 0 Å². The first-order valence-corrected chi connectivity index (χ1v) is 6.79. The van der Waals surface area contributed by atoms with Crippen LogP contribution in [0.5, 0.6) is 0 Å². The van der Waals surface area contributed by atoms with Gasteiger partial charge in [0, 0.05) is 12.6 Å². The molecule has 1 N–H and O–H groups in total. The van der Waals surface area contributed by atoms with Crippen LogP contribution in [-0.4, -0.2) is 34.6 Å². The van der Waals surface area contributed by atoms with E-state index in [-0.39, 0.29) is 12.5 Å². The molecule has 6 heteroatoms. The monoisotopic (exact) mass is 288 g/mol. The van der Waals surface area contributed by atoms with Crippen LogP contribution < -0.4 is 5.32 Å². The molecule has 1 aromatic carbocycles. The predicted molar refractivity (Wildman–Crippen MR) is 79.9 cm³/mol. The molecule has 1 amide bonds. The highest BCUT2D eigenvalue weighted by Gasteiger charge is 2.12. The summed E-state index contributed by atoms with van der Waals surface area (Å²) in [6, 6.07) is 5.86. The van der Waals surface area contributed by atoms with Crippen molar-refractivity contribution in [3.8, 4) is 0 Å².